The number of benzene rings is 1. The van der Waals surface area contributed by atoms with E-state index in [9.17, 15) is 24.9 Å². The van der Waals surface area contributed by atoms with Crippen LogP contribution in [0.15, 0.2) is 33.7 Å². The number of carbonyl (C=O) groups is 1. The molecule has 3 N–H and O–H groups in total. The molecule has 2 aromatic rings. The number of fused-ring (bicyclic) bond motifs is 1. The molecule has 25 heavy (non-hydrogen) atoms. The Morgan fingerprint density at radius 1 is 1.08 bits per heavy atom. The summed E-state index contributed by atoms with van der Waals surface area (Å²) in [6, 6.07) is 2.29. The van der Waals surface area contributed by atoms with E-state index >= 15 is 0 Å². The number of hydrogen-bond acceptors (Lipinski definition) is 7. The predicted molar refractivity (Wildman–Crippen MR) is 86.9 cm³/mol. The van der Waals surface area contributed by atoms with Crippen LogP contribution in [-0.2, 0) is 11.2 Å². The predicted octanol–water partition coefficient (Wildman–Crippen LogP) is 2.44. The van der Waals surface area contributed by atoms with Gasteiger partial charge in [0.1, 0.15) is 34.3 Å². The summed E-state index contributed by atoms with van der Waals surface area (Å²) < 4.78 is 9.99. The molecule has 1 aliphatic heterocycles. The van der Waals surface area contributed by atoms with E-state index < -0.39 is 23.3 Å². The molecule has 0 saturated heterocycles. The Bertz CT molecular complexity index is 968. The molecule has 3 rings (SSSR count). The van der Waals surface area contributed by atoms with Crippen molar-refractivity contribution in [3.8, 4) is 17.2 Å². The van der Waals surface area contributed by atoms with Gasteiger partial charge in [-0.05, 0) is 12.5 Å². The van der Waals surface area contributed by atoms with E-state index in [1.165, 1.54) is 13.0 Å². The van der Waals surface area contributed by atoms with Gasteiger partial charge in [-0.3, -0.25) is 0 Å². The van der Waals surface area contributed by atoms with Gasteiger partial charge in [0.05, 0.1) is 5.56 Å². The molecular weight excluding hydrogens is 328 g/mol. The topological polar surface area (TPSA) is 117 Å². The van der Waals surface area contributed by atoms with Crippen LogP contribution in [0.25, 0.3) is 0 Å². The van der Waals surface area contributed by atoms with Gasteiger partial charge in [0.2, 0.25) is 0 Å². The lowest BCUT2D eigenvalue weighted by atomic mass is 9.84. The SMILES string of the molecule is C=C1OC(=O)c2c(O)cc(O)c(Cc3c(O)cc(C)oc3=O)c2[C@@H]1C. The van der Waals surface area contributed by atoms with Gasteiger partial charge in [-0.15, -0.1) is 0 Å². The van der Waals surface area contributed by atoms with Gasteiger partial charge in [0, 0.05) is 30.0 Å². The lowest BCUT2D eigenvalue weighted by molar-refractivity contribution is 0.0580. The zero-order valence-corrected chi connectivity index (χ0v) is 13.6. The van der Waals surface area contributed by atoms with Crippen LogP contribution in [0.4, 0.5) is 0 Å². The number of hydrogen-bond donors (Lipinski definition) is 3. The lowest BCUT2D eigenvalue weighted by Crippen LogP contribution is -2.21. The molecule has 7 heteroatoms. The van der Waals surface area contributed by atoms with Crippen LogP contribution >= 0.6 is 0 Å². The van der Waals surface area contributed by atoms with Crippen molar-refractivity contribution in [3.63, 3.8) is 0 Å². The first-order valence-corrected chi connectivity index (χ1v) is 7.52. The molecule has 1 aromatic heterocycles. The Morgan fingerprint density at radius 3 is 2.36 bits per heavy atom. The molecule has 7 nitrogen and oxygen atoms in total. The molecule has 1 aromatic carbocycles. The molecule has 0 radical (unpaired) electrons. The number of esters is 1. The van der Waals surface area contributed by atoms with E-state index in [4.69, 9.17) is 9.15 Å². The van der Waals surface area contributed by atoms with Crippen LogP contribution < -0.4 is 5.63 Å². The fraction of sp³-hybridized carbons (Fsp3) is 0.222. The first-order chi connectivity index (χ1) is 11.7. The molecule has 0 unspecified atom stereocenters. The minimum absolute atomic E-state index is 0.0643. The van der Waals surface area contributed by atoms with Gasteiger partial charge in [-0.25, -0.2) is 9.59 Å². The van der Waals surface area contributed by atoms with E-state index in [0.717, 1.165) is 6.07 Å². The second-order valence-corrected chi connectivity index (χ2v) is 5.94. The minimum atomic E-state index is -0.794. The monoisotopic (exact) mass is 344 g/mol. The van der Waals surface area contributed by atoms with Crippen molar-refractivity contribution >= 4 is 5.97 Å². The van der Waals surface area contributed by atoms with Gasteiger partial charge in [0.15, 0.2) is 0 Å². The normalized spacial score (nSPS) is 16.5. The Balaban J connectivity index is 2.25. The van der Waals surface area contributed by atoms with Crippen molar-refractivity contribution in [3.05, 3.63) is 62.9 Å². The maximum absolute atomic E-state index is 12.1. The van der Waals surface area contributed by atoms with Crippen LogP contribution in [0, 0.1) is 6.92 Å². The largest absolute Gasteiger partial charge is 0.508 e. The van der Waals surface area contributed by atoms with Crippen LogP contribution in [0.3, 0.4) is 0 Å². The summed E-state index contributed by atoms with van der Waals surface area (Å²) in [6.07, 6.45) is -0.187. The van der Waals surface area contributed by atoms with Crippen LogP contribution in [0.2, 0.25) is 0 Å². The summed E-state index contributed by atoms with van der Waals surface area (Å²) in [7, 11) is 0. The second kappa shape index (κ2) is 5.70. The van der Waals surface area contributed by atoms with E-state index in [-0.39, 0.29) is 46.1 Å². The minimum Gasteiger partial charge on any atom is -0.508 e. The summed E-state index contributed by atoms with van der Waals surface area (Å²) >= 11 is 0. The number of allylic oxidation sites excluding steroid dienone is 1. The van der Waals surface area contributed by atoms with Crippen LogP contribution in [0.5, 0.6) is 17.2 Å². The molecule has 0 spiro atoms. The fourth-order valence-electron chi connectivity index (χ4n) is 2.97. The Hall–Kier alpha value is -3.22. The Labute approximate surface area is 142 Å². The highest BCUT2D eigenvalue weighted by atomic mass is 16.5. The first kappa shape index (κ1) is 16.6. The number of phenols is 2. The molecular formula is C18H16O7. The van der Waals surface area contributed by atoms with Gasteiger partial charge in [-0.2, -0.15) is 0 Å². The fourth-order valence-corrected chi connectivity index (χ4v) is 2.97. The van der Waals surface area contributed by atoms with Crippen LogP contribution in [0.1, 0.15) is 45.7 Å². The Kier molecular flexibility index (Phi) is 3.79. The number of ether oxygens (including phenoxy) is 1. The summed E-state index contributed by atoms with van der Waals surface area (Å²) in [5, 5.41) is 30.4. The zero-order chi connectivity index (χ0) is 18.5. The summed E-state index contributed by atoms with van der Waals surface area (Å²) in [5.74, 6) is -1.93. The van der Waals surface area contributed by atoms with Gasteiger partial charge < -0.3 is 24.5 Å². The van der Waals surface area contributed by atoms with Crippen molar-refractivity contribution in [2.24, 2.45) is 0 Å². The molecule has 0 saturated carbocycles. The molecule has 0 aliphatic carbocycles. The molecule has 0 fully saturated rings. The molecule has 1 aliphatic rings. The van der Waals surface area contributed by atoms with E-state index in [1.54, 1.807) is 6.92 Å². The third-order valence-corrected chi connectivity index (χ3v) is 4.28. The molecule has 0 bridgehead atoms. The number of phenolic OH excluding ortho intramolecular Hbond substituents is 2. The highest BCUT2D eigenvalue weighted by Crippen LogP contribution is 2.44. The first-order valence-electron chi connectivity index (χ1n) is 7.52. The Morgan fingerprint density at radius 2 is 1.72 bits per heavy atom. The van der Waals surface area contributed by atoms with E-state index in [0.29, 0.717) is 5.56 Å². The third-order valence-electron chi connectivity index (χ3n) is 4.28. The highest BCUT2D eigenvalue weighted by Gasteiger charge is 2.34. The maximum atomic E-state index is 12.1. The second-order valence-electron chi connectivity index (χ2n) is 5.94. The molecule has 1 atom stereocenters. The summed E-state index contributed by atoms with van der Waals surface area (Å²) in [5.41, 5.74) is -0.388. The van der Waals surface area contributed by atoms with Crippen molar-refractivity contribution in [2.45, 2.75) is 26.2 Å². The average Bonchev–Trinajstić information content (AvgIpc) is 2.49. The van der Waals surface area contributed by atoms with Crippen molar-refractivity contribution < 1.29 is 29.3 Å². The summed E-state index contributed by atoms with van der Waals surface area (Å²) in [4.78, 5) is 24.2. The van der Waals surface area contributed by atoms with Gasteiger partial charge in [-0.1, -0.05) is 13.5 Å². The average molecular weight is 344 g/mol. The van der Waals surface area contributed by atoms with Crippen molar-refractivity contribution in [2.75, 3.05) is 0 Å². The molecule has 2 heterocycles. The highest BCUT2D eigenvalue weighted by molar-refractivity contribution is 5.97. The molecule has 0 amide bonds. The maximum Gasteiger partial charge on any atom is 0.347 e. The standard InChI is InChI=1S/C18H16O7/c1-7-4-12(19)11(17(22)24-7)5-10-13(20)6-14(21)16-15(10)8(2)9(3)25-18(16)23/h4,6,8,19-21H,3,5H2,1-2H3/t8-/m1/s1. The van der Waals surface area contributed by atoms with E-state index in [2.05, 4.69) is 6.58 Å². The number of aryl methyl sites for hydroxylation is 1. The summed E-state index contributed by atoms with van der Waals surface area (Å²) in [6.45, 7) is 6.87. The number of cyclic esters (lactones) is 1. The van der Waals surface area contributed by atoms with Crippen LogP contribution in [-0.4, -0.2) is 21.3 Å². The third kappa shape index (κ3) is 2.63. The van der Waals surface area contributed by atoms with Gasteiger partial charge in [0.25, 0.3) is 0 Å². The zero-order valence-electron chi connectivity index (χ0n) is 13.6. The quantitative estimate of drug-likeness (QED) is 0.716. The number of carbonyl (C=O) groups excluding carboxylic acids is 1. The van der Waals surface area contributed by atoms with Gasteiger partial charge >= 0.3 is 11.6 Å². The van der Waals surface area contributed by atoms with Crippen molar-refractivity contribution in [1.82, 2.24) is 0 Å². The van der Waals surface area contributed by atoms with Crippen molar-refractivity contribution in [1.29, 1.82) is 0 Å². The lowest BCUT2D eigenvalue weighted by Gasteiger charge is -2.27. The smallest absolute Gasteiger partial charge is 0.347 e. The number of aromatic hydroxyl groups is 3. The van der Waals surface area contributed by atoms with E-state index in [1.807, 2.05) is 0 Å². The molecule has 130 valence electrons. The number of rotatable bonds is 2.